The lowest BCUT2D eigenvalue weighted by atomic mass is 9.33. The maximum absolute atomic E-state index is 13.3. The first-order valence-corrected chi connectivity index (χ1v) is 31.4. The van der Waals surface area contributed by atoms with Crippen molar-refractivity contribution in [3.05, 3.63) is 34.9 Å². The number of aliphatic hydroxyl groups is 12. The second-order valence-corrected chi connectivity index (χ2v) is 28.8. The Labute approximate surface area is 518 Å². The number of allylic oxidation sites excluding steroid dienone is 4. The third kappa shape index (κ3) is 11.6. The molecule has 13 N–H and O–H groups in total. The van der Waals surface area contributed by atoms with E-state index in [1.807, 2.05) is 27.7 Å². The lowest BCUT2D eigenvalue weighted by molar-refractivity contribution is -0.386. The molecule has 0 spiro atoms. The summed E-state index contributed by atoms with van der Waals surface area (Å²) in [6.07, 6.45) is -28.5. The van der Waals surface area contributed by atoms with E-state index in [0.29, 0.717) is 38.5 Å². The predicted molar refractivity (Wildman–Crippen MR) is 307 cm³/mol. The van der Waals surface area contributed by atoms with Gasteiger partial charge in [-0.25, -0.2) is 14.4 Å². The minimum atomic E-state index is -2.12. The molecule has 9 aliphatic rings. The highest BCUT2D eigenvalue weighted by Gasteiger charge is 2.73. The first-order chi connectivity index (χ1) is 41.6. The van der Waals surface area contributed by atoms with Crippen molar-refractivity contribution >= 4 is 17.9 Å². The van der Waals surface area contributed by atoms with Crippen LogP contribution in [0.3, 0.4) is 0 Å². The van der Waals surface area contributed by atoms with Gasteiger partial charge in [0.05, 0.1) is 55.8 Å². The standard InChI is InChI=1S/C63H98O26/c1-13-26(3)52(78)84-44-28(5)80-56(43(74)46(44)85-53(79)27(4)14-2)89-50-49(75)63(25-66)30(21-58(50,6)7)29-15-16-34-60(10)19-18-36(59(8,9)33(60)17-20-61(34,11)62(29,12)22-35(63)67)83-57-48(88-55-41(72)39(70)37(68)31(23-64)81-55)45(42(73)47(87-57)51(76)77)86-54-40(71)38(69)32(24-65)82-54/h13-15,28,30-50,54-57,64-75H,16-25H2,1-12H3,(H,76,77)/b26-13-,27-14-/t28?,30?,31?,32-,33?,34?,35+,36-,37-,38+,39?,40?,41-,42-,43-,44-,45?,46?,47?,48-,49-,50-,54?,55-,56-,57+,60-,61+,62+,63-/m0/s1. The van der Waals surface area contributed by atoms with Gasteiger partial charge in [0.1, 0.15) is 67.1 Å². The number of fused-ring (bicyclic) bond motifs is 7. The third-order valence-corrected chi connectivity index (χ3v) is 23.3. The van der Waals surface area contributed by atoms with Gasteiger partial charge in [0, 0.05) is 11.1 Å². The molecular formula is C63H98O26. The average Bonchev–Trinajstić information content (AvgIpc) is 0.919. The lowest BCUT2D eigenvalue weighted by Gasteiger charge is -2.72. The fourth-order valence-electron chi connectivity index (χ4n) is 17.6. The molecule has 26 heteroatoms. The molecule has 11 unspecified atom stereocenters. The van der Waals surface area contributed by atoms with Crippen molar-refractivity contribution in [2.45, 2.75) is 269 Å². The van der Waals surface area contributed by atoms with E-state index in [0.717, 1.165) is 5.57 Å². The number of carboxylic acids is 1. The Hall–Kier alpha value is -3.17. The van der Waals surface area contributed by atoms with Crippen molar-refractivity contribution in [3.8, 4) is 0 Å². The van der Waals surface area contributed by atoms with Crippen LogP contribution in [0.25, 0.3) is 0 Å². The smallest absolute Gasteiger partial charge is 0.335 e. The molecule has 0 bridgehead atoms. The molecule has 26 nitrogen and oxygen atoms in total. The van der Waals surface area contributed by atoms with Crippen LogP contribution in [0.2, 0.25) is 0 Å². The molecule has 0 amide bonds. The summed E-state index contributed by atoms with van der Waals surface area (Å²) in [6, 6.07) is 0. The molecule has 4 saturated carbocycles. The van der Waals surface area contributed by atoms with Gasteiger partial charge in [-0.15, -0.1) is 0 Å². The minimum absolute atomic E-state index is 0.0156. The van der Waals surface area contributed by atoms with Crippen molar-refractivity contribution in [1.82, 2.24) is 0 Å². The average molecular weight is 1270 g/mol. The summed E-state index contributed by atoms with van der Waals surface area (Å²) >= 11 is 0. The number of hydrogen-bond acceptors (Lipinski definition) is 25. The predicted octanol–water partition coefficient (Wildman–Crippen LogP) is 0.144. The summed E-state index contributed by atoms with van der Waals surface area (Å²) in [7, 11) is 0. The second-order valence-electron chi connectivity index (χ2n) is 28.8. The Morgan fingerprint density at radius 3 is 1.72 bits per heavy atom. The highest BCUT2D eigenvalue weighted by atomic mass is 16.8. The van der Waals surface area contributed by atoms with E-state index in [9.17, 15) is 80.8 Å². The van der Waals surface area contributed by atoms with Crippen LogP contribution in [0.5, 0.6) is 0 Å². The molecule has 506 valence electrons. The Balaban J connectivity index is 0.986. The van der Waals surface area contributed by atoms with Gasteiger partial charge < -0.3 is 114 Å². The number of esters is 2. The van der Waals surface area contributed by atoms with Gasteiger partial charge >= 0.3 is 17.9 Å². The molecule has 89 heavy (non-hydrogen) atoms. The van der Waals surface area contributed by atoms with Crippen molar-refractivity contribution < 1.29 is 128 Å². The molecule has 5 aliphatic carbocycles. The van der Waals surface area contributed by atoms with Crippen molar-refractivity contribution in [2.75, 3.05) is 19.8 Å². The maximum Gasteiger partial charge on any atom is 0.335 e. The molecular weight excluding hydrogens is 1170 g/mol. The number of aliphatic hydroxyl groups excluding tert-OH is 12. The Morgan fingerprint density at radius 2 is 1.16 bits per heavy atom. The van der Waals surface area contributed by atoms with Crippen LogP contribution in [0, 0.1) is 50.2 Å². The first kappa shape index (κ1) is 70.2. The quantitative estimate of drug-likeness (QED) is 0.0423. The van der Waals surface area contributed by atoms with Crippen LogP contribution >= 0.6 is 0 Å². The number of carbonyl (C=O) groups is 3. The maximum atomic E-state index is 13.3. The first-order valence-electron chi connectivity index (χ1n) is 31.4. The van der Waals surface area contributed by atoms with E-state index in [2.05, 4.69) is 26.8 Å². The number of ether oxygens (including phenoxy) is 10. The van der Waals surface area contributed by atoms with Gasteiger partial charge in [0.25, 0.3) is 0 Å². The number of hydrogen-bond donors (Lipinski definition) is 13. The molecule has 4 aliphatic heterocycles. The van der Waals surface area contributed by atoms with Gasteiger partial charge in [0.15, 0.2) is 43.5 Å². The topological polar surface area (TPSA) is 407 Å². The summed E-state index contributed by atoms with van der Waals surface area (Å²) in [4.78, 5) is 39.3. The normalized spacial score (nSPS) is 49.7. The number of rotatable bonds is 16. The Bertz CT molecular complexity index is 2660. The van der Waals surface area contributed by atoms with Gasteiger partial charge in [-0.2, -0.15) is 0 Å². The Kier molecular flexibility index (Phi) is 20.4. The van der Waals surface area contributed by atoms with Crippen LogP contribution in [0.4, 0.5) is 0 Å². The van der Waals surface area contributed by atoms with E-state index < -0.39 is 217 Å². The van der Waals surface area contributed by atoms with Crippen molar-refractivity contribution in [2.24, 2.45) is 50.2 Å². The van der Waals surface area contributed by atoms with Crippen LogP contribution in [0.1, 0.15) is 128 Å². The molecule has 8 fully saturated rings. The lowest BCUT2D eigenvalue weighted by Crippen LogP contribution is -2.72. The van der Waals surface area contributed by atoms with E-state index in [1.165, 1.54) is 13.0 Å². The van der Waals surface area contributed by atoms with Gasteiger partial charge in [-0.3, -0.25) is 0 Å². The van der Waals surface area contributed by atoms with Crippen molar-refractivity contribution in [1.29, 1.82) is 0 Å². The molecule has 0 aromatic carbocycles. The molecule has 0 radical (unpaired) electrons. The van der Waals surface area contributed by atoms with Gasteiger partial charge in [-0.1, -0.05) is 72.3 Å². The minimum Gasteiger partial charge on any atom is -0.479 e. The van der Waals surface area contributed by atoms with Crippen LogP contribution in [-0.4, -0.2) is 245 Å². The molecule has 0 aromatic rings. The summed E-state index contributed by atoms with van der Waals surface area (Å²) in [6.45, 7) is 20.4. The fraction of sp³-hybridized carbons (Fsp3) is 0.857. The Morgan fingerprint density at radius 1 is 0.607 bits per heavy atom. The van der Waals surface area contributed by atoms with Crippen LogP contribution < -0.4 is 0 Å². The SMILES string of the molecule is C/C=C(/C)C(=O)OC1[C@@H](OC(=O)/C(C)=C\C)C(C)O[C@@H](O[C@H]2[C@H](O)[C@@]3(CO)C(CC2(C)C)C2=CCC4[C@@]5(C)CC[C@H](O[C@@H]6OC(C(=O)O)[C@@H](O)C(OC7O[C@@H](CO)[C@@H](O)C7O)[C@@H]6O[C@@H]6OC(CO)[C@H](O)C(O)[C@@H]6O)C(C)(C)C5CC[C@@]4(C)[C@]2(C)C[C@H]3O)[C@H]1O. The van der Waals surface area contributed by atoms with E-state index in [4.69, 9.17) is 47.4 Å². The zero-order valence-electron chi connectivity index (χ0n) is 52.9. The number of carbonyl (C=O) groups excluding carboxylic acids is 2. The van der Waals surface area contributed by atoms with Crippen LogP contribution in [0.15, 0.2) is 34.9 Å². The number of aliphatic carboxylic acids is 1. The molecule has 4 heterocycles. The fourth-order valence-corrected chi connectivity index (χ4v) is 17.6. The zero-order valence-corrected chi connectivity index (χ0v) is 52.9. The zero-order chi connectivity index (χ0) is 65.7. The highest BCUT2D eigenvalue weighted by Crippen LogP contribution is 2.76. The summed E-state index contributed by atoms with van der Waals surface area (Å²) in [5, 5.41) is 146. The summed E-state index contributed by atoms with van der Waals surface area (Å²) < 4.78 is 61.1. The molecule has 4 saturated heterocycles. The van der Waals surface area contributed by atoms with Crippen LogP contribution in [-0.2, 0) is 61.8 Å². The van der Waals surface area contributed by atoms with Gasteiger partial charge in [0.2, 0.25) is 0 Å². The summed E-state index contributed by atoms with van der Waals surface area (Å²) in [5.41, 5.74) is -3.33. The monoisotopic (exact) mass is 1270 g/mol. The molecule has 0 aromatic heterocycles. The summed E-state index contributed by atoms with van der Waals surface area (Å²) in [5.74, 6) is -3.81. The van der Waals surface area contributed by atoms with E-state index >= 15 is 0 Å². The third-order valence-electron chi connectivity index (χ3n) is 23.3. The van der Waals surface area contributed by atoms with Crippen molar-refractivity contribution in [3.63, 3.8) is 0 Å². The molecule has 30 atom stereocenters. The van der Waals surface area contributed by atoms with Gasteiger partial charge in [-0.05, 0) is 124 Å². The second kappa shape index (κ2) is 25.9. The number of carboxylic acid groups (broad SMARTS) is 1. The highest BCUT2D eigenvalue weighted by molar-refractivity contribution is 5.88. The largest absolute Gasteiger partial charge is 0.479 e. The van der Waals surface area contributed by atoms with E-state index in [1.54, 1.807) is 33.8 Å². The molecule has 9 rings (SSSR count). The van der Waals surface area contributed by atoms with E-state index in [-0.39, 0.29) is 29.4 Å².